The van der Waals surface area contributed by atoms with Crippen LogP contribution in [0, 0.1) is 13.8 Å². The summed E-state index contributed by atoms with van der Waals surface area (Å²) in [5, 5.41) is 0. The van der Waals surface area contributed by atoms with Crippen LogP contribution in [0.25, 0.3) is 0 Å². The molecule has 0 saturated carbocycles. The molecule has 0 unspecified atom stereocenters. The SMILES string of the molecule is C=C[CH2][Na].Cc1ccccc1C. The molecule has 60 valence electrons. The molecule has 0 bridgehead atoms. The molecule has 0 nitrogen and oxygen atoms in total. The minimum Gasteiger partial charge on any atom is -0.0620 e. The first-order chi connectivity index (χ1) is 5.72. The summed E-state index contributed by atoms with van der Waals surface area (Å²) in [6.07, 6.45) is 1.94. The zero-order valence-corrected chi connectivity index (χ0v) is 10.3. The molecule has 0 heterocycles. The second-order valence-corrected chi connectivity index (χ2v) is 3.60. The Morgan fingerprint density at radius 1 is 1.25 bits per heavy atom. The number of benzene rings is 1. The van der Waals surface area contributed by atoms with Crippen molar-refractivity contribution in [3.05, 3.63) is 48.0 Å². The van der Waals surface area contributed by atoms with Crippen LogP contribution in [-0.2, 0) is 0 Å². The molecule has 0 aliphatic heterocycles. The van der Waals surface area contributed by atoms with Crippen LogP contribution in [0.4, 0.5) is 0 Å². The van der Waals surface area contributed by atoms with Crippen LogP contribution in [0.5, 0.6) is 0 Å². The summed E-state index contributed by atoms with van der Waals surface area (Å²) in [7, 11) is 0. The molecule has 0 fully saturated rings. The van der Waals surface area contributed by atoms with Crippen molar-refractivity contribution in [2.45, 2.75) is 17.5 Å². The molecule has 0 saturated heterocycles. The Bertz CT molecular complexity index is 207. The predicted octanol–water partition coefficient (Wildman–Crippen LogP) is 3.06. The van der Waals surface area contributed by atoms with E-state index in [9.17, 15) is 0 Å². The first-order valence-corrected chi connectivity index (χ1v) is 5.77. The van der Waals surface area contributed by atoms with Crippen molar-refractivity contribution < 1.29 is 0 Å². The minimum atomic E-state index is 1.22. The van der Waals surface area contributed by atoms with Gasteiger partial charge in [-0.1, -0.05) is 24.3 Å². The van der Waals surface area contributed by atoms with Crippen molar-refractivity contribution in [1.29, 1.82) is 0 Å². The zero-order chi connectivity index (χ0) is 9.40. The van der Waals surface area contributed by atoms with Gasteiger partial charge in [0.25, 0.3) is 0 Å². The molecule has 1 rings (SSSR count). The first kappa shape index (κ1) is 12.0. The van der Waals surface area contributed by atoms with E-state index < -0.39 is 0 Å². The van der Waals surface area contributed by atoms with Gasteiger partial charge in [-0.3, -0.25) is 0 Å². The fourth-order valence-electron chi connectivity index (χ4n) is 0.663. The van der Waals surface area contributed by atoms with E-state index in [0.29, 0.717) is 0 Å². The maximum absolute atomic E-state index is 3.51. The van der Waals surface area contributed by atoms with E-state index in [-0.39, 0.29) is 0 Å². The number of allylic oxidation sites excluding steroid dienone is 1. The third-order valence-electron chi connectivity index (χ3n) is 1.71. The van der Waals surface area contributed by atoms with E-state index in [0.717, 1.165) is 0 Å². The van der Waals surface area contributed by atoms with Gasteiger partial charge in [-0.2, -0.15) is 0 Å². The van der Waals surface area contributed by atoms with Crippen LogP contribution in [-0.4, -0.2) is 27.9 Å². The van der Waals surface area contributed by atoms with Gasteiger partial charge in [0.15, 0.2) is 0 Å². The van der Waals surface area contributed by atoms with Gasteiger partial charge in [0.05, 0.1) is 0 Å². The molecular weight excluding hydrogens is 155 g/mol. The van der Waals surface area contributed by atoms with Crippen LogP contribution in [0.3, 0.4) is 0 Å². The van der Waals surface area contributed by atoms with Crippen molar-refractivity contribution in [2.24, 2.45) is 0 Å². The van der Waals surface area contributed by atoms with Gasteiger partial charge in [0.1, 0.15) is 0 Å². The van der Waals surface area contributed by atoms with E-state index >= 15 is 0 Å². The molecule has 0 spiro atoms. The molecule has 0 aromatic heterocycles. The van der Waals surface area contributed by atoms with E-state index in [2.05, 4.69) is 44.7 Å². The Kier molecular flexibility index (Phi) is 7.58. The van der Waals surface area contributed by atoms with Crippen LogP contribution in [0.2, 0.25) is 3.67 Å². The molecule has 0 amide bonds. The van der Waals surface area contributed by atoms with Gasteiger partial charge in [-0.05, 0) is 25.0 Å². The Hall–Kier alpha value is -0.0400. The van der Waals surface area contributed by atoms with Crippen LogP contribution in [0.1, 0.15) is 11.1 Å². The number of rotatable bonds is 1. The van der Waals surface area contributed by atoms with Crippen LogP contribution < -0.4 is 0 Å². The van der Waals surface area contributed by atoms with Crippen molar-refractivity contribution >= 4 is 27.9 Å². The summed E-state index contributed by atoms with van der Waals surface area (Å²) in [4.78, 5) is 0. The summed E-state index contributed by atoms with van der Waals surface area (Å²) in [6, 6.07) is 8.36. The Morgan fingerprint density at radius 2 is 1.58 bits per heavy atom. The van der Waals surface area contributed by atoms with E-state index in [1.807, 2.05) is 6.08 Å². The predicted molar refractivity (Wildman–Crippen MR) is 56.7 cm³/mol. The molecule has 0 aliphatic rings. The first-order valence-electron chi connectivity index (χ1n) is 4.35. The second-order valence-electron chi connectivity index (χ2n) is 2.78. The number of hydrogen-bond acceptors (Lipinski definition) is 0. The quantitative estimate of drug-likeness (QED) is 0.449. The maximum Gasteiger partial charge on any atom is -0.0395 e. The summed E-state index contributed by atoms with van der Waals surface area (Å²) in [5.74, 6) is 0. The summed E-state index contributed by atoms with van der Waals surface area (Å²) < 4.78 is 1.22. The summed E-state index contributed by atoms with van der Waals surface area (Å²) in [6.45, 7) is 7.75. The molecule has 0 radical (unpaired) electrons. The van der Waals surface area contributed by atoms with Gasteiger partial charge < -0.3 is 0 Å². The topological polar surface area (TPSA) is 0 Å². The normalized spacial score (nSPS) is 8.33. The molecule has 1 aromatic carbocycles. The molecule has 0 atom stereocenters. The Balaban J connectivity index is 0.000000261. The van der Waals surface area contributed by atoms with Gasteiger partial charge in [-0.15, -0.1) is 0 Å². The molecule has 12 heavy (non-hydrogen) atoms. The van der Waals surface area contributed by atoms with Crippen molar-refractivity contribution in [1.82, 2.24) is 0 Å². The summed E-state index contributed by atoms with van der Waals surface area (Å²) >= 11 is 1.27. The monoisotopic (exact) mass is 170 g/mol. The fraction of sp³-hybridized carbons (Fsp3) is 0.273. The summed E-state index contributed by atoms with van der Waals surface area (Å²) in [5.41, 5.74) is 2.74. The molecule has 0 aliphatic carbocycles. The van der Waals surface area contributed by atoms with Crippen LogP contribution in [0.15, 0.2) is 36.9 Å². The minimum absolute atomic E-state index is 1.22. The smallest absolute Gasteiger partial charge is 0.0395 e. The second kappa shape index (κ2) is 7.60. The zero-order valence-electron chi connectivity index (χ0n) is 8.30. The van der Waals surface area contributed by atoms with Gasteiger partial charge in [-0.25, -0.2) is 0 Å². The van der Waals surface area contributed by atoms with Crippen molar-refractivity contribution in [3.8, 4) is 0 Å². The molecular formula is C11H15Na. The molecule has 0 N–H and O–H groups in total. The standard InChI is InChI=1S/C8H10.C3H5.Na/c1-7-5-3-4-6-8(7)2;1-3-2;/h3-6H,1-2H3;3H,1-2H2;. The third-order valence-corrected chi connectivity index (χ3v) is 2.29. The van der Waals surface area contributed by atoms with Gasteiger partial charge in [0, 0.05) is 0 Å². The van der Waals surface area contributed by atoms with E-state index in [1.54, 1.807) is 0 Å². The van der Waals surface area contributed by atoms with Crippen molar-refractivity contribution in [2.75, 3.05) is 0 Å². The fourth-order valence-corrected chi connectivity index (χ4v) is 0.663. The van der Waals surface area contributed by atoms with Crippen LogP contribution >= 0.6 is 0 Å². The maximum atomic E-state index is 3.51. The number of aryl methyl sites for hydroxylation is 2. The third kappa shape index (κ3) is 5.59. The average Bonchev–Trinajstić information content (AvgIpc) is 2.11. The Labute approximate surface area is 93.1 Å². The molecule has 1 aromatic rings. The average molecular weight is 170 g/mol. The number of hydrogen-bond donors (Lipinski definition) is 0. The largest absolute Gasteiger partial charge is 0.0620 e. The van der Waals surface area contributed by atoms with E-state index in [1.165, 1.54) is 42.7 Å². The Morgan fingerprint density at radius 3 is 1.75 bits per heavy atom. The van der Waals surface area contributed by atoms with Gasteiger partial charge in [0.2, 0.25) is 0 Å². The van der Waals surface area contributed by atoms with Crippen molar-refractivity contribution in [3.63, 3.8) is 0 Å². The molecule has 1 heteroatoms. The van der Waals surface area contributed by atoms with E-state index in [4.69, 9.17) is 0 Å². The van der Waals surface area contributed by atoms with Gasteiger partial charge >= 0.3 is 44.3 Å².